The van der Waals surface area contributed by atoms with Crippen LogP contribution in [0, 0.1) is 11.8 Å². The van der Waals surface area contributed by atoms with Gasteiger partial charge in [0.05, 0.1) is 0 Å². The molecule has 0 radical (unpaired) electrons. The Labute approximate surface area is 168 Å². The number of carbonyl (C=O) groups excluding carboxylic acids is 1. The third kappa shape index (κ3) is 3.17. The highest BCUT2D eigenvalue weighted by Crippen LogP contribution is 2.34. The van der Waals surface area contributed by atoms with Crippen molar-refractivity contribution >= 4 is 5.91 Å². The van der Waals surface area contributed by atoms with Crippen molar-refractivity contribution in [3.63, 3.8) is 0 Å². The first-order valence-electron chi connectivity index (χ1n) is 11.3. The van der Waals surface area contributed by atoms with Crippen LogP contribution in [0.4, 0.5) is 0 Å². The molecule has 28 heavy (non-hydrogen) atoms. The van der Waals surface area contributed by atoms with Crippen molar-refractivity contribution in [2.24, 2.45) is 11.8 Å². The summed E-state index contributed by atoms with van der Waals surface area (Å²) in [6, 6.07) is 10.2. The van der Waals surface area contributed by atoms with Crippen LogP contribution in [0.1, 0.15) is 44.2 Å². The predicted octanol–water partition coefficient (Wildman–Crippen LogP) is 1.97. The molecule has 0 saturated carbocycles. The van der Waals surface area contributed by atoms with Gasteiger partial charge in [-0.15, -0.1) is 0 Å². The maximum atomic E-state index is 13.4. The van der Waals surface area contributed by atoms with Gasteiger partial charge in [-0.3, -0.25) is 15.1 Å². The molecule has 2 N–H and O–H groups in total. The molecule has 5 aliphatic rings. The van der Waals surface area contributed by atoms with Crippen LogP contribution < -0.4 is 10.9 Å². The van der Waals surface area contributed by atoms with Crippen LogP contribution in [0.15, 0.2) is 24.3 Å². The van der Waals surface area contributed by atoms with Crippen molar-refractivity contribution in [2.75, 3.05) is 19.6 Å². The number of carbonyl (C=O) groups is 1. The number of hydrogen-bond donors (Lipinski definition) is 2. The first kappa shape index (κ1) is 18.6. The third-order valence-corrected chi connectivity index (χ3v) is 7.86. The lowest BCUT2D eigenvalue weighted by atomic mass is 9.90. The molecule has 3 unspecified atom stereocenters. The van der Waals surface area contributed by atoms with Crippen molar-refractivity contribution in [1.82, 2.24) is 20.7 Å². The van der Waals surface area contributed by atoms with Crippen LogP contribution in [0.2, 0.25) is 0 Å². The summed E-state index contributed by atoms with van der Waals surface area (Å²) in [4.78, 5) is 18.4. The van der Waals surface area contributed by atoms with Gasteiger partial charge < -0.3 is 4.90 Å². The van der Waals surface area contributed by atoms with Crippen LogP contribution in [-0.4, -0.2) is 59.5 Å². The van der Waals surface area contributed by atoms with Gasteiger partial charge in [-0.25, -0.2) is 5.43 Å². The van der Waals surface area contributed by atoms with Crippen LogP contribution in [0.3, 0.4) is 0 Å². The number of nitrogens with one attached hydrogen (secondary N) is 2. The highest BCUT2D eigenvalue weighted by molar-refractivity contribution is 5.83. The van der Waals surface area contributed by atoms with E-state index in [2.05, 4.69) is 58.8 Å². The van der Waals surface area contributed by atoms with E-state index >= 15 is 0 Å². The minimum Gasteiger partial charge on any atom is -0.337 e. The topological polar surface area (TPSA) is 47.6 Å². The molecule has 4 heterocycles. The second-order valence-electron chi connectivity index (χ2n) is 9.51. The fourth-order valence-electron chi connectivity index (χ4n) is 6.11. The van der Waals surface area contributed by atoms with Crippen molar-refractivity contribution in [3.05, 3.63) is 35.4 Å². The molecule has 1 amide bonds. The lowest BCUT2D eigenvalue weighted by Gasteiger charge is -2.38. The lowest BCUT2D eigenvalue weighted by molar-refractivity contribution is -0.138. The number of amides is 1. The zero-order valence-electron chi connectivity index (χ0n) is 17.2. The van der Waals surface area contributed by atoms with E-state index in [1.54, 1.807) is 0 Å². The average molecular weight is 383 g/mol. The molecule has 4 fully saturated rings. The Hall–Kier alpha value is -1.43. The number of piperidine rings is 1. The normalized spacial score (nSPS) is 35.9. The number of nitrogens with zero attached hydrogens (tertiary/aromatic N) is 2. The summed E-state index contributed by atoms with van der Waals surface area (Å²) in [6.07, 6.45) is 5.84. The molecule has 5 heteroatoms. The largest absolute Gasteiger partial charge is 0.337 e. The zero-order valence-corrected chi connectivity index (χ0v) is 17.2. The molecule has 1 aromatic rings. The van der Waals surface area contributed by atoms with E-state index in [0.29, 0.717) is 35.9 Å². The van der Waals surface area contributed by atoms with E-state index in [-0.39, 0.29) is 6.04 Å². The number of hydrogen-bond acceptors (Lipinski definition) is 4. The molecule has 6 rings (SSSR count). The Balaban J connectivity index is 1.29. The fraction of sp³-hybridized carbons (Fsp3) is 0.696. The molecule has 0 spiro atoms. The molecule has 1 aromatic carbocycles. The van der Waals surface area contributed by atoms with Crippen LogP contribution >= 0.6 is 0 Å². The Morgan fingerprint density at radius 2 is 1.79 bits per heavy atom. The van der Waals surface area contributed by atoms with Crippen LogP contribution in [-0.2, 0) is 17.6 Å². The van der Waals surface area contributed by atoms with Crippen LogP contribution in [0.25, 0.3) is 0 Å². The molecular formula is C23H34N4O. The third-order valence-electron chi connectivity index (χ3n) is 7.86. The second kappa shape index (κ2) is 7.43. The van der Waals surface area contributed by atoms with Gasteiger partial charge in [0, 0.05) is 37.8 Å². The zero-order chi connectivity index (χ0) is 19.3. The summed E-state index contributed by atoms with van der Waals surface area (Å²) >= 11 is 0. The van der Waals surface area contributed by atoms with E-state index < -0.39 is 0 Å². The Kier molecular flexibility index (Phi) is 4.93. The van der Waals surface area contributed by atoms with Gasteiger partial charge in [0.1, 0.15) is 6.04 Å². The minimum absolute atomic E-state index is 0.0755. The predicted molar refractivity (Wildman–Crippen MR) is 111 cm³/mol. The summed E-state index contributed by atoms with van der Waals surface area (Å²) in [6.45, 7) is 7.55. The van der Waals surface area contributed by atoms with Gasteiger partial charge in [-0.2, -0.15) is 0 Å². The van der Waals surface area contributed by atoms with E-state index in [1.807, 2.05) is 0 Å². The number of fused-ring (bicyclic) bond motifs is 5. The average Bonchev–Trinajstić information content (AvgIpc) is 3.18. The number of hydrazine groups is 1. The van der Waals surface area contributed by atoms with Gasteiger partial charge >= 0.3 is 0 Å². The smallest absolute Gasteiger partial charge is 0.241 e. The Morgan fingerprint density at radius 3 is 2.46 bits per heavy atom. The molecule has 0 aromatic heterocycles. The first-order chi connectivity index (χ1) is 13.6. The van der Waals surface area contributed by atoms with Gasteiger partial charge in [0.15, 0.2) is 0 Å². The molecule has 2 bridgehead atoms. The molecule has 152 valence electrons. The van der Waals surface area contributed by atoms with E-state index in [4.69, 9.17) is 0 Å². The van der Waals surface area contributed by atoms with Gasteiger partial charge in [0.2, 0.25) is 5.91 Å². The summed E-state index contributed by atoms with van der Waals surface area (Å²) in [5.74, 6) is 1.29. The molecule has 1 aliphatic carbocycles. The van der Waals surface area contributed by atoms with Crippen molar-refractivity contribution in [3.8, 4) is 0 Å². The Bertz CT molecular complexity index is 712. The van der Waals surface area contributed by atoms with E-state index in [9.17, 15) is 4.79 Å². The van der Waals surface area contributed by atoms with E-state index in [1.165, 1.54) is 30.4 Å². The van der Waals surface area contributed by atoms with Crippen LogP contribution in [0.5, 0.6) is 0 Å². The lowest BCUT2D eigenvalue weighted by Crippen LogP contribution is -2.55. The first-order valence-corrected chi connectivity index (χ1v) is 11.3. The summed E-state index contributed by atoms with van der Waals surface area (Å²) < 4.78 is 0. The molecule has 4 aliphatic heterocycles. The quantitative estimate of drug-likeness (QED) is 0.839. The second-order valence-corrected chi connectivity index (χ2v) is 9.51. The van der Waals surface area contributed by atoms with Crippen molar-refractivity contribution in [2.45, 2.75) is 70.1 Å². The number of benzene rings is 1. The maximum absolute atomic E-state index is 13.4. The fourth-order valence-corrected chi connectivity index (χ4v) is 6.11. The summed E-state index contributed by atoms with van der Waals surface area (Å²) in [5, 5.41) is 0. The molecular weight excluding hydrogens is 348 g/mol. The molecule has 5 atom stereocenters. The van der Waals surface area contributed by atoms with E-state index in [0.717, 1.165) is 32.5 Å². The molecule has 4 saturated heterocycles. The highest BCUT2D eigenvalue weighted by atomic mass is 16.2. The maximum Gasteiger partial charge on any atom is 0.241 e. The van der Waals surface area contributed by atoms with Crippen molar-refractivity contribution < 1.29 is 4.79 Å². The monoisotopic (exact) mass is 382 g/mol. The van der Waals surface area contributed by atoms with Gasteiger partial charge in [0.25, 0.3) is 0 Å². The van der Waals surface area contributed by atoms with Gasteiger partial charge in [-0.1, -0.05) is 38.1 Å². The summed E-state index contributed by atoms with van der Waals surface area (Å²) in [5.41, 5.74) is 9.70. The highest BCUT2D eigenvalue weighted by Gasteiger charge is 2.44. The van der Waals surface area contributed by atoms with Crippen molar-refractivity contribution in [1.29, 1.82) is 0 Å². The number of rotatable bonds is 3. The standard InChI is InChI=1S/C23H34N4O/c1-3-21-15(2)22(25-24-21)23(28)27-13-16-8-9-19(27)14-26(12-16)20-10-17-6-4-5-7-18(17)11-20/h4-7,15-16,19-22,24-25H,3,8-14H2,1-2H3/t15?,16-,19+,21?,22?/m0/s1. The minimum atomic E-state index is -0.0755. The molecule has 5 nitrogen and oxygen atoms in total. The Morgan fingerprint density at radius 1 is 1.04 bits per heavy atom. The SMILES string of the molecule is CCC1NNC(C(=O)N2C[C@H]3CC[C@@H]2CN(C2Cc4ccccc4C2)C3)C1C. The van der Waals surface area contributed by atoms with Gasteiger partial charge in [-0.05, 0) is 55.1 Å². The summed E-state index contributed by atoms with van der Waals surface area (Å²) in [7, 11) is 0.